The summed E-state index contributed by atoms with van der Waals surface area (Å²) in [5.41, 5.74) is 4.15. The Labute approximate surface area is 199 Å². The number of hydrogen-bond donors (Lipinski definition) is 1. The Bertz CT molecular complexity index is 1040. The number of nitrogens with zero attached hydrogens (tertiary/aromatic N) is 4. The van der Waals surface area contributed by atoms with Crippen molar-refractivity contribution in [2.45, 2.75) is 39.7 Å². The van der Waals surface area contributed by atoms with Gasteiger partial charge in [-0.2, -0.15) is 0 Å². The number of likely N-dealkylation sites (N-methyl/N-ethyl adjacent to an activating group) is 1. The molecule has 4 rings (SSSR count). The van der Waals surface area contributed by atoms with Crippen molar-refractivity contribution in [3.63, 3.8) is 0 Å². The molecule has 0 spiro atoms. The molecule has 2 aliphatic heterocycles. The number of carbonyl (C=O) groups excluding carboxylic acids is 2. The number of ether oxygens (including phenoxy) is 1. The maximum absolute atomic E-state index is 12.6. The minimum Gasteiger partial charge on any atom is -0.444 e. The molecule has 0 saturated carbocycles. The second-order valence-electron chi connectivity index (χ2n) is 9.73. The SMILES string of the molecule is Cc1sc(NC(=O)CN2CCN(C(=O)OC(C)(C)C)CC2)nc1-c1ccc2c(c1)CCN2C. The minimum atomic E-state index is -0.505. The highest BCUT2D eigenvalue weighted by Crippen LogP contribution is 2.35. The summed E-state index contributed by atoms with van der Waals surface area (Å²) in [7, 11) is 2.12. The molecule has 1 saturated heterocycles. The third kappa shape index (κ3) is 5.65. The first kappa shape index (κ1) is 23.5. The maximum Gasteiger partial charge on any atom is 0.410 e. The number of hydrogen-bond acceptors (Lipinski definition) is 7. The topological polar surface area (TPSA) is 78.0 Å². The van der Waals surface area contributed by atoms with Crippen molar-refractivity contribution in [3.05, 3.63) is 28.6 Å². The van der Waals surface area contributed by atoms with Gasteiger partial charge >= 0.3 is 6.09 Å². The van der Waals surface area contributed by atoms with Gasteiger partial charge in [0.05, 0.1) is 12.2 Å². The predicted molar refractivity (Wildman–Crippen MR) is 132 cm³/mol. The average Bonchev–Trinajstić information content (AvgIpc) is 3.29. The molecule has 33 heavy (non-hydrogen) atoms. The molecule has 2 aromatic rings. The number of amides is 2. The third-order valence-electron chi connectivity index (χ3n) is 5.91. The summed E-state index contributed by atoms with van der Waals surface area (Å²) in [5, 5.41) is 3.58. The smallest absolute Gasteiger partial charge is 0.410 e. The number of anilines is 2. The molecule has 2 amide bonds. The number of benzene rings is 1. The second kappa shape index (κ2) is 9.30. The van der Waals surface area contributed by atoms with E-state index in [0.717, 1.165) is 29.1 Å². The van der Waals surface area contributed by atoms with Crippen LogP contribution in [0.4, 0.5) is 15.6 Å². The molecule has 1 fully saturated rings. The van der Waals surface area contributed by atoms with Crippen LogP contribution in [0, 0.1) is 6.92 Å². The van der Waals surface area contributed by atoms with Gasteiger partial charge in [0, 0.05) is 55.9 Å². The molecule has 1 aromatic carbocycles. The number of rotatable bonds is 4. The summed E-state index contributed by atoms with van der Waals surface area (Å²) >= 11 is 1.50. The van der Waals surface area contributed by atoms with E-state index in [1.54, 1.807) is 4.90 Å². The highest BCUT2D eigenvalue weighted by molar-refractivity contribution is 7.16. The van der Waals surface area contributed by atoms with Crippen LogP contribution in [0.5, 0.6) is 0 Å². The Morgan fingerprint density at radius 3 is 2.58 bits per heavy atom. The molecule has 2 aliphatic rings. The van der Waals surface area contributed by atoms with Crippen molar-refractivity contribution in [2.75, 3.05) is 56.5 Å². The molecule has 0 bridgehead atoms. The lowest BCUT2D eigenvalue weighted by molar-refractivity contribution is -0.117. The van der Waals surface area contributed by atoms with Crippen LogP contribution in [0.3, 0.4) is 0 Å². The fraction of sp³-hybridized carbons (Fsp3) is 0.542. The summed E-state index contributed by atoms with van der Waals surface area (Å²) in [6.45, 7) is 11.3. The van der Waals surface area contributed by atoms with Crippen molar-refractivity contribution >= 4 is 34.2 Å². The standard InChI is InChI=1S/C24H33N5O3S/c1-16-21(18-6-7-19-17(14-18)8-9-27(19)5)26-22(33-16)25-20(30)15-28-10-12-29(13-11-28)23(31)32-24(2,3)4/h6-7,14H,8-13,15H2,1-5H3,(H,25,26,30). The number of nitrogens with one attached hydrogen (secondary N) is 1. The Kier molecular flexibility index (Phi) is 6.63. The van der Waals surface area contributed by atoms with E-state index < -0.39 is 5.60 Å². The summed E-state index contributed by atoms with van der Waals surface area (Å²) in [6.07, 6.45) is 0.753. The molecule has 8 nitrogen and oxygen atoms in total. The Balaban J connectivity index is 1.31. The van der Waals surface area contributed by atoms with Crippen molar-refractivity contribution in [3.8, 4) is 11.3 Å². The van der Waals surface area contributed by atoms with E-state index in [-0.39, 0.29) is 18.5 Å². The summed E-state index contributed by atoms with van der Waals surface area (Å²) in [5.74, 6) is -0.0865. The fourth-order valence-electron chi connectivity index (χ4n) is 4.21. The summed E-state index contributed by atoms with van der Waals surface area (Å²) < 4.78 is 5.43. The highest BCUT2D eigenvalue weighted by atomic mass is 32.1. The average molecular weight is 472 g/mol. The molecule has 0 radical (unpaired) electrons. The molecular weight excluding hydrogens is 438 g/mol. The van der Waals surface area contributed by atoms with E-state index in [1.165, 1.54) is 22.6 Å². The van der Waals surface area contributed by atoms with Gasteiger partial charge in [0.1, 0.15) is 5.60 Å². The van der Waals surface area contributed by atoms with Gasteiger partial charge in [0.15, 0.2) is 5.13 Å². The fourth-order valence-corrected chi connectivity index (χ4v) is 5.06. The normalized spacial score (nSPS) is 16.6. The molecule has 9 heteroatoms. The number of thiazole rings is 1. The Morgan fingerprint density at radius 2 is 1.88 bits per heavy atom. The molecule has 0 atom stereocenters. The van der Waals surface area contributed by atoms with Crippen LogP contribution in [0.15, 0.2) is 18.2 Å². The van der Waals surface area contributed by atoms with E-state index in [9.17, 15) is 9.59 Å². The van der Waals surface area contributed by atoms with Gasteiger partial charge < -0.3 is 19.9 Å². The lowest BCUT2D eigenvalue weighted by Gasteiger charge is -2.35. The molecule has 3 heterocycles. The van der Waals surface area contributed by atoms with Gasteiger partial charge in [0.25, 0.3) is 0 Å². The van der Waals surface area contributed by atoms with Crippen molar-refractivity contribution in [2.24, 2.45) is 0 Å². The second-order valence-corrected chi connectivity index (χ2v) is 10.9. The quantitative estimate of drug-likeness (QED) is 0.734. The largest absolute Gasteiger partial charge is 0.444 e. The predicted octanol–water partition coefficient (Wildman–Crippen LogP) is 3.60. The van der Waals surface area contributed by atoms with Crippen LogP contribution < -0.4 is 10.2 Å². The zero-order valence-corrected chi connectivity index (χ0v) is 20.9. The van der Waals surface area contributed by atoms with Gasteiger partial charge in [-0.25, -0.2) is 9.78 Å². The number of piperazine rings is 1. The van der Waals surface area contributed by atoms with E-state index in [1.807, 2.05) is 27.7 Å². The van der Waals surface area contributed by atoms with E-state index in [4.69, 9.17) is 9.72 Å². The van der Waals surface area contributed by atoms with Crippen LogP contribution in [-0.4, -0.2) is 78.7 Å². The minimum absolute atomic E-state index is 0.0865. The molecule has 1 N–H and O–H groups in total. The van der Waals surface area contributed by atoms with Crippen LogP contribution in [0.1, 0.15) is 31.2 Å². The molecule has 178 valence electrons. The zero-order chi connectivity index (χ0) is 23.8. The monoisotopic (exact) mass is 471 g/mol. The Morgan fingerprint density at radius 1 is 1.15 bits per heavy atom. The first-order valence-corrected chi connectivity index (χ1v) is 12.2. The van der Waals surface area contributed by atoms with Gasteiger partial charge in [-0.15, -0.1) is 11.3 Å². The van der Waals surface area contributed by atoms with Gasteiger partial charge in [-0.1, -0.05) is 6.07 Å². The van der Waals surface area contributed by atoms with Crippen molar-refractivity contribution in [1.29, 1.82) is 0 Å². The number of aromatic nitrogens is 1. The molecule has 0 unspecified atom stereocenters. The lowest BCUT2D eigenvalue weighted by Crippen LogP contribution is -2.51. The van der Waals surface area contributed by atoms with E-state index >= 15 is 0 Å². The molecular formula is C24H33N5O3S. The summed E-state index contributed by atoms with van der Waals surface area (Å²) in [4.78, 5) is 36.7. The number of aryl methyl sites for hydroxylation is 1. The number of fused-ring (bicyclic) bond motifs is 1. The number of carbonyl (C=O) groups is 2. The van der Waals surface area contributed by atoms with Crippen molar-refractivity contribution < 1.29 is 14.3 Å². The maximum atomic E-state index is 12.6. The first-order chi connectivity index (χ1) is 15.6. The Hall–Kier alpha value is -2.65. The van der Waals surface area contributed by atoms with Crippen LogP contribution in [0.2, 0.25) is 0 Å². The van der Waals surface area contributed by atoms with E-state index in [0.29, 0.717) is 31.3 Å². The van der Waals surface area contributed by atoms with Gasteiger partial charge in [-0.05, 0) is 51.8 Å². The molecule has 0 aliphatic carbocycles. The highest BCUT2D eigenvalue weighted by Gasteiger charge is 2.27. The zero-order valence-electron chi connectivity index (χ0n) is 20.1. The van der Waals surface area contributed by atoms with Gasteiger partial charge in [-0.3, -0.25) is 9.69 Å². The van der Waals surface area contributed by atoms with E-state index in [2.05, 4.69) is 40.4 Å². The first-order valence-electron chi connectivity index (χ1n) is 11.4. The molecule has 1 aromatic heterocycles. The van der Waals surface area contributed by atoms with Crippen LogP contribution in [-0.2, 0) is 16.0 Å². The van der Waals surface area contributed by atoms with Crippen molar-refractivity contribution in [1.82, 2.24) is 14.8 Å². The van der Waals surface area contributed by atoms with Crippen LogP contribution >= 0.6 is 11.3 Å². The summed E-state index contributed by atoms with van der Waals surface area (Å²) in [6, 6.07) is 6.49. The van der Waals surface area contributed by atoms with Gasteiger partial charge in [0.2, 0.25) is 5.91 Å². The lowest BCUT2D eigenvalue weighted by atomic mass is 10.1. The third-order valence-corrected chi connectivity index (χ3v) is 6.80. The van der Waals surface area contributed by atoms with Crippen LogP contribution in [0.25, 0.3) is 11.3 Å².